The third-order valence-corrected chi connectivity index (χ3v) is 1.70. The Hall–Kier alpha value is -1.64. The molecule has 0 heterocycles. The zero-order valence-electron chi connectivity index (χ0n) is 8.08. The molecule has 0 saturated heterocycles. The molecule has 0 saturated carbocycles. The van der Waals surface area contributed by atoms with E-state index in [1.165, 1.54) is 32.3 Å². The third-order valence-electron chi connectivity index (χ3n) is 1.70. The summed E-state index contributed by atoms with van der Waals surface area (Å²) in [5, 5.41) is 0. The number of carbonyl (C=O) groups excluding carboxylic acids is 1. The van der Waals surface area contributed by atoms with Crippen LogP contribution in [0.2, 0.25) is 0 Å². The molecular formula is C11H11FO2. The molecule has 3 heteroatoms. The summed E-state index contributed by atoms with van der Waals surface area (Å²) in [5.74, 6) is -0.362. The normalized spacial score (nSPS) is 10.5. The molecule has 0 aliphatic carbocycles. The number of hydrogen-bond donors (Lipinski definition) is 0. The Bertz CT molecular complexity index is 370. The number of benzene rings is 1. The third kappa shape index (κ3) is 2.42. The molecule has 14 heavy (non-hydrogen) atoms. The second kappa shape index (κ2) is 4.56. The summed E-state index contributed by atoms with van der Waals surface area (Å²) in [4.78, 5) is 10.7. The zero-order valence-corrected chi connectivity index (χ0v) is 8.08. The van der Waals surface area contributed by atoms with Crippen LogP contribution in [-0.2, 0) is 4.79 Å². The van der Waals surface area contributed by atoms with Crippen LogP contribution in [-0.4, -0.2) is 12.9 Å². The highest BCUT2D eigenvalue weighted by atomic mass is 19.1. The molecular weight excluding hydrogens is 183 g/mol. The summed E-state index contributed by atoms with van der Waals surface area (Å²) in [6.07, 6.45) is 2.90. The van der Waals surface area contributed by atoms with Crippen LogP contribution < -0.4 is 4.74 Å². The van der Waals surface area contributed by atoms with Crippen molar-refractivity contribution in [3.05, 3.63) is 35.7 Å². The Kier molecular flexibility index (Phi) is 3.40. The van der Waals surface area contributed by atoms with E-state index < -0.39 is 5.82 Å². The van der Waals surface area contributed by atoms with Crippen molar-refractivity contribution in [2.45, 2.75) is 6.92 Å². The molecule has 1 rings (SSSR count). The molecule has 1 aromatic rings. The molecule has 0 spiro atoms. The lowest BCUT2D eigenvalue weighted by Crippen LogP contribution is -1.91. The highest BCUT2D eigenvalue weighted by Gasteiger charge is 2.05. The molecule has 2 nitrogen and oxygen atoms in total. The van der Waals surface area contributed by atoms with Gasteiger partial charge in [-0.15, -0.1) is 0 Å². The van der Waals surface area contributed by atoms with Crippen molar-refractivity contribution >= 4 is 11.9 Å². The van der Waals surface area contributed by atoms with Crippen LogP contribution in [0.15, 0.2) is 24.3 Å². The van der Waals surface area contributed by atoms with Gasteiger partial charge in [-0.2, -0.15) is 0 Å². The molecule has 0 unspecified atom stereocenters. The molecule has 1 aromatic carbocycles. The maximum atomic E-state index is 13.1. The van der Waals surface area contributed by atoms with E-state index in [9.17, 15) is 9.18 Å². The second-order valence-corrected chi connectivity index (χ2v) is 2.81. The highest BCUT2D eigenvalue weighted by molar-refractivity contribution is 5.91. The molecule has 0 aliphatic heterocycles. The van der Waals surface area contributed by atoms with Gasteiger partial charge in [0, 0.05) is 5.56 Å². The summed E-state index contributed by atoms with van der Waals surface area (Å²) in [5.41, 5.74) is 0.558. The van der Waals surface area contributed by atoms with Crippen molar-refractivity contribution in [3.63, 3.8) is 0 Å². The molecule has 0 aromatic heterocycles. The average molecular weight is 194 g/mol. The van der Waals surface area contributed by atoms with Crippen LogP contribution in [0, 0.1) is 5.82 Å². The van der Waals surface area contributed by atoms with E-state index in [4.69, 9.17) is 4.74 Å². The lowest BCUT2D eigenvalue weighted by atomic mass is 10.1. The maximum absolute atomic E-state index is 13.1. The number of allylic oxidation sites excluding steroid dienone is 1. The smallest absolute Gasteiger partial charge is 0.165 e. The fourth-order valence-electron chi connectivity index (χ4n) is 1.08. The Morgan fingerprint density at radius 1 is 1.50 bits per heavy atom. The fourth-order valence-corrected chi connectivity index (χ4v) is 1.08. The van der Waals surface area contributed by atoms with Crippen LogP contribution in [0.5, 0.6) is 5.75 Å². The molecule has 74 valence electrons. The van der Waals surface area contributed by atoms with Crippen LogP contribution in [0.4, 0.5) is 4.39 Å². The van der Waals surface area contributed by atoms with Crippen LogP contribution in [0.25, 0.3) is 6.08 Å². The van der Waals surface area contributed by atoms with Crippen molar-refractivity contribution in [1.29, 1.82) is 0 Å². The SMILES string of the molecule is COc1c(F)cccc1C=CC(C)=O. The number of para-hydroxylation sites is 1. The van der Waals surface area contributed by atoms with Gasteiger partial charge in [-0.1, -0.05) is 12.1 Å². The summed E-state index contributed by atoms with van der Waals surface area (Å²) >= 11 is 0. The Labute approximate surface area is 82.0 Å². The lowest BCUT2D eigenvalue weighted by molar-refractivity contribution is -0.112. The molecule has 0 fully saturated rings. The van der Waals surface area contributed by atoms with Crippen molar-refractivity contribution in [2.75, 3.05) is 7.11 Å². The number of carbonyl (C=O) groups is 1. The van der Waals surface area contributed by atoms with Crippen molar-refractivity contribution < 1.29 is 13.9 Å². The minimum Gasteiger partial charge on any atom is -0.493 e. The van der Waals surface area contributed by atoms with Gasteiger partial charge in [-0.25, -0.2) is 4.39 Å². The standard InChI is InChI=1S/C11H11FO2/c1-8(13)6-7-9-4-3-5-10(12)11(9)14-2/h3-7H,1-2H3. The van der Waals surface area contributed by atoms with Crippen molar-refractivity contribution in [3.8, 4) is 5.75 Å². The molecule has 0 amide bonds. The summed E-state index contributed by atoms with van der Waals surface area (Å²) in [7, 11) is 1.39. The van der Waals surface area contributed by atoms with E-state index in [0.29, 0.717) is 5.56 Å². The monoisotopic (exact) mass is 194 g/mol. The first-order valence-corrected chi connectivity index (χ1v) is 4.16. The van der Waals surface area contributed by atoms with Gasteiger partial charge >= 0.3 is 0 Å². The first kappa shape index (κ1) is 10.4. The van der Waals surface area contributed by atoms with E-state index >= 15 is 0 Å². The predicted octanol–water partition coefficient (Wildman–Crippen LogP) is 2.44. The number of halogens is 1. The van der Waals surface area contributed by atoms with E-state index in [2.05, 4.69) is 0 Å². The average Bonchev–Trinajstić information content (AvgIpc) is 2.14. The van der Waals surface area contributed by atoms with Gasteiger partial charge in [0.1, 0.15) is 0 Å². The van der Waals surface area contributed by atoms with Crippen LogP contribution in [0.1, 0.15) is 12.5 Å². The maximum Gasteiger partial charge on any atom is 0.165 e. The van der Waals surface area contributed by atoms with Gasteiger partial charge in [0.25, 0.3) is 0 Å². The zero-order chi connectivity index (χ0) is 10.6. The van der Waals surface area contributed by atoms with Crippen LogP contribution in [0.3, 0.4) is 0 Å². The fraction of sp³-hybridized carbons (Fsp3) is 0.182. The number of hydrogen-bond acceptors (Lipinski definition) is 2. The summed E-state index contributed by atoms with van der Waals surface area (Å²) in [6, 6.07) is 4.56. The van der Waals surface area contributed by atoms with Crippen molar-refractivity contribution in [1.82, 2.24) is 0 Å². The minimum absolute atomic E-state index is 0.0867. The van der Waals surface area contributed by atoms with Gasteiger partial charge in [-0.3, -0.25) is 4.79 Å². The van der Waals surface area contributed by atoms with Gasteiger partial charge in [0.05, 0.1) is 7.11 Å². The van der Waals surface area contributed by atoms with Gasteiger partial charge in [0.15, 0.2) is 17.3 Å². The predicted molar refractivity (Wildman–Crippen MR) is 52.7 cm³/mol. The molecule has 0 bridgehead atoms. The first-order valence-electron chi connectivity index (χ1n) is 4.16. The van der Waals surface area contributed by atoms with E-state index in [1.54, 1.807) is 12.1 Å². The second-order valence-electron chi connectivity index (χ2n) is 2.81. The first-order chi connectivity index (χ1) is 6.65. The lowest BCUT2D eigenvalue weighted by Gasteiger charge is -2.04. The largest absolute Gasteiger partial charge is 0.493 e. The van der Waals surface area contributed by atoms with Crippen molar-refractivity contribution in [2.24, 2.45) is 0 Å². The topological polar surface area (TPSA) is 26.3 Å². The summed E-state index contributed by atoms with van der Waals surface area (Å²) < 4.78 is 18.0. The number of ether oxygens (including phenoxy) is 1. The highest BCUT2D eigenvalue weighted by Crippen LogP contribution is 2.23. The molecule has 0 radical (unpaired) electrons. The van der Waals surface area contributed by atoms with Crippen LogP contribution >= 0.6 is 0 Å². The van der Waals surface area contributed by atoms with E-state index in [-0.39, 0.29) is 11.5 Å². The molecule has 0 atom stereocenters. The molecule has 0 N–H and O–H groups in total. The van der Waals surface area contributed by atoms with Gasteiger partial charge in [-0.05, 0) is 25.1 Å². The number of ketones is 1. The van der Waals surface area contributed by atoms with E-state index in [1.807, 2.05) is 0 Å². The van der Waals surface area contributed by atoms with Gasteiger partial charge < -0.3 is 4.74 Å². The van der Waals surface area contributed by atoms with E-state index in [0.717, 1.165) is 0 Å². The minimum atomic E-state index is -0.432. The number of methoxy groups -OCH3 is 1. The molecule has 0 aliphatic rings. The number of rotatable bonds is 3. The Morgan fingerprint density at radius 2 is 2.21 bits per heavy atom. The summed E-state index contributed by atoms with van der Waals surface area (Å²) in [6.45, 7) is 1.43. The Balaban J connectivity index is 3.08. The van der Waals surface area contributed by atoms with Gasteiger partial charge in [0.2, 0.25) is 0 Å². The quantitative estimate of drug-likeness (QED) is 0.691. The Morgan fingerprint density at radius 3 is 2.79 bits per heavy atom.